The Morgan fingerprint density at radius 2 is 1.63 bits per heavy atom. The molecule has 0 saturated carbocycles. The van der Waals surface area contributed by atoms with Crippen molar-refractivity contribution in [2.75, 3.05) is 18.2 Å². The number of hydrogen-bond acceptors (Lipinski definition) is 5. The summed E-state index contributed by atoms with van der Waals surface area (Å²) in [6.07, 6.45) is 0. The van der Waals surface area contributed by atoms with Gasteiger partial charge in [-0.15, -0.1) is 0 Å². The van der Waals surface area contributed by atoms with Crippen molar-refractivity contribution >= 4 is 5.69 Å². The molecule has 30 heavy (non-hydrogen) atoms. The van der Waals surface area contributed by atoms with Crippen molar-refractivity contribution in [2.24, 2.45) is 5.92 Å². The standard InChI is InChI=1S/C24H22FN3O2/c25-19-9-5-4-8-16(19)12-28-13-18-23(15-6-2-1-3-7-15)26-27-24(18)17-10-21-22(11-20(17)28)30-14-29-21/h1-11,18,23-24,26-27H,12-14H2. The molecule has 3 aromatic rings. The van der Waals surface area contributed by atoms with Crippen LogP contribution < -0.4 is 25.2 Å². The van der Waals surface area contributed by atoms with Gasteiger partial charge in [0.15, 0.2) is 11.5 Å². The van der Waals surface area contributed by atoms with Crippen molar-refractivity contribution in [1.29, 1.82) is 0 Å². The first-order chi connectivity index (χ1) is 14.8. The lowest BCUT2D eigenvalue weighted by Crippen LogP contribution is -2.39. The molecule has 0 radical (unpaired) electrons. The first-order valence-corrected chi connectivity index (χ1v) is 10.3. The highest BCUT2D eigenvalue weighted by molar-refractivity contribution is 5.66. The van der Waals surface area contributed by atoms with Crippen molar-refractivity contribution < 1.29 is 13.9 Å². The van der Waals surface area contributed by atoms with Crippen LogP contribution in [-0.4, -0.2) is 13.3 Å². The lowest BCUT2D eigenvalue weighted by atomic mass is 9.81. The Hall–Kier alpha value is -3.09. The van der Waals surface area contributed by atoms with Crippen molar-refractivity contribution in [3.63, 3.8) is 0 Å². The second-order valence-electron chi connectivity index (χ2n) is 8.05. The van der Waals surface area contributed by atoms with Gasteiger partial charge in [-0.3, -0.25) is 0 Å². The van der Waals surface area contributed by atoms with Crippen LogP contribution in [0.4, 0.5) is 10.1 Å². The molecule has 6 rings (SSSR count). The minimum absolute atomic E-state index is 0.136. The molecule has 0 amide bonds. The third kappa shape index (κ3) is 2.83. The van der Waals surface area contributed by atoms with Gasteiger partial charge in [0, 0.05) is 36.3 Å². The molecule has 152 valence electrons. The van der Waals surface area contributed by atoms with Crippen LogP contribution in [0, 0.1) is 11.7 Å². The number of halogens is 1. The van der Waals surface area contributed by atoms with Crippen LogP contribution in [0.3, 0.4) is 0 Å². The molecule has 3 unspecified atom stereocenters. The Morgan fingerprint density at radius 3 is 2.47 bits per heavy atom. The van der Waals surface area contributed by atoms with Gasteiger partial charge < -0.3 is 14.4 Å². The number of rotatable bonds is 3. The summed E-state index contributed by atoms with van der Waals surface area (Å²) < 4.78 is 25.7. The van der Waals surface area contributed by atoms with Gasteiger partial charge in [-0.05, 0) is 23.3 Å². The number of anilines is 1. The van der Waals surface area contributed by atoms with E-state index in [1.807, 2.05) is 24.3 Å². The maximum Gasteiger partial charge on any atom is 0.231 e. The summed E-state index contributed by atoms with van der Waals surface area (Å²) in [6.45, 7) is 1.53. The van der Waals surface area contributed by atoms with Crippen LogP contribution in [0.1, 0.15) is 28.8 Å². The van der Waals surface area contributed by atoms with E-state index in [0.29, 0.717) is 12.1 Å². The fourth-order valence-electron chi connectivity index (χ4n) is 4.90. The van der Waals surface area contributed by atoms with Crippen molar-refractivity contribution in [1.82, 2.24) is 10.9 Å². The number of benzene rings is 3. The van der Waals surface area contributed by atoms with Crippen LogP contribution >= 0.6 is 0 Å². The van der Waals surface area contributed by atoms with Gasteiger partial charge in [0.05, 0.1) is 12.1 Å². The van der Waals surface area contributed by atoms with Crippen LogP contribution in [0.2, 0.25) is 0 Å². The van der Waals surface area contributed by atoms with Crippen LogP contribution in [0.25, 0.3) is 0 Å². The average molecular weight is 403 g/mol. The summed E-state index contributed by atoms with van der Waals surface area (Å²) in [4.78, 5) is 2.27. The highest BCUT2D eigenvalue weighted by Gasteiger charge is 2.44. The molecule has 3 aliphatic heterocycles. The van der Waals surface area contributed by atoms with Gasteiger partial charge in [-0.1, -0.05) is 48.5 Å². The summed E-state index contributed by atoms with van der Waals surface area (Å²) in [6, 6.07) is 21.9. The Labute approximate surface area is 174 Å². The van der Waals surface area contributed by atoms with E-state index in [1.165, 1.54) is 11.6 Å². The van der Waals surface area contributed by atoms with Gasteiger partial charge in [-0.25, -0.2) is 15.2 Å². The van der Waals surface area contributed by atoms with E-state index in [0.717, 1.165) is 29.3 Å². The Balaban J connectivity index is 1.42. The number of nitrogens with one attached hydrogen (secondary N) is 2. The minimum atomic E-state index is -0.177. The van der Waals surface area contributed by atoms with E-state index in [9.17, 15) is 4.39 Å². The Kier molecular flexibility index (Phi) is 4.14. The topological polar surface area (TPSA) is 45.8 Å². The van der Waals surface area contributed by atoms with Crippen molar-refractivity contribution in [3.8, 4) is 11.5 Å². The van der Waals surface area contributed by atoms with E-state index in [-0.39, 0.29) is 30.6 Å². The minimum Gasteiger partial charge on any atom is -0.454 e. The molecule has 0 aromatic heterocycles. The molecular formula is C24H22FN3O2. The molecule has 3 aliphatic rings. The summed E-state index contributed by atoms with van der Waals surface area (Å²) in [5.74, 6) is 1.62. The zero-order valence-corrected chi connectivity index (χ0v) is 16.3. The molecule has 6 heteroatoms. The summed E-state index contributed by atoms with van der Waals surface area (Å²) >= 11 is 0. The molecule has 3 aromatic carbocycles. The Bertz CT molecular complexity index is 1090. The van der Waals surface area contributed by atoms with E-state index in [4.69, 9.17) is 9.47 Å². The molecule has 5 nitrogen and oxygen atoms in total. The van der Waals surface area contributed by atoms with E-state index in [2.05, 4.69) is 46.1 Å². The molecule has 2 N–H and O–H groups in total. The van der Waals surface area contributed by atoms with Gasteiger partial charge in [0.2, 0.25) is 6.79 Å². The molecule has 3 atom stereocenters. The zero-order chi connectivity index (χ0) is 20.1. The molecule has 1 fully saturated rings. The van der Waals surface area contributed by atoms with Crippen LogP contribution in [0.5, 0.6) is 11.5 Å². The van der Waals surface area contributed by atoms with Gasteiger partial charge in [-0.2, -0.15) is 0 Å². The molecule has 0 spiro atoms. The maximum atomic E-state index is 14.5. The quantitative estimate of drug-likeness (QED) is 0.690. The second-order valence-corrected chi connectivity index (χ2v) is 8.05. The van der Waals surface area contributed by atoms with Gasteiger partial charge >= 0.3 is 0 Å². The fourth-order valence-corrected chi connectivity index (χ4v) is 4.90. The smallest absolute Gasteiger partial charge is 0.231 e. The average Bonchev–Trinajstić information content (AvgIpc) is 3.41. The van der Waals surface area contributed by atoms with E-state index >= 15 is 0 Å². The molecule has 3 heterocycles. The predicted molar refractivity (Wildman–Crippen MR) is 112 cm³/mol. The fraction of sp³-hybridized carbons (Fsp3) is 0.250. The Morgan fingerprint density at radius 1 is 0.900 bits per heavy atom. The number of hydrazine groups is 1. The predicted octanol–water partition coefficient (Wildman–Crippen LogP) is 4.08. The van der Waals surface area contributed by atoms with Gasteiger partial charge in [0.25, 0.3) is 0 Å². The zero-order valence-electron chi connectivity index (χ0n) is 16.3. The lowest BCUT2D eigenvalue weighted by molar-refractivity contribution is 0.174. The first kappa shape index (κ1) is 17.7. The van der Waals surface area contributed by atoms with Gasteiger partial charge in [0.1, 0.15) is 5.82 Å². The summed E-state index contributed by atoms with van der Waals surface area (Å²) in [7, 11) is 0. The highest BCUT2D eigenvalue weighted by atomic mass is 19.1. The van der Waals surface area contributed by atoms with Crippen molar-refractivity contribution in [2.45, 2.75) is 18.6 Å². The lowest BCUT2D eigenvalue weighted by Gasteiger charge is -2.39. The molecule has 0 bridgehead atoms. The molecule has 0 aliphatic carbocycles. The highest BCUT2D eigenvalue weighted by Crippen LogP contribution is 2.49. The number of ether oxygens (including phenoxy) is 2. The van der Waals surface area contributed by atoms with Crippen molar-refractivity contribution in [3.05, 3.63) is 89.2 Å². The monoisotopic (exact) mass is 403 g/mol. The SMILES string of the molecule is Fc1ccccc1CN1CC2C(c3ccccc3)NNC2c2cc3c(cc21)OCO3. The third-order valence-corrected chi connectivity index (χ3v) is 6.36. The first-order valence-electron chi connectivity index (χ1n) is 10.3. The summed E-state index contributed by atoms with van der Waals surface area (Å²) in [5.41, 5.74) is 11.1. The summed E-state index contributed by atoms with van der Waals surface area (Å²) in [5, 5.41) is 0. The largest absolute Gasteiger partial charge is 0.454 e. The third-order valence-electron chi connectivity index (χ3n) is 6.36. The number of fused-ring (bicyclic) bond motifs is 4. The second kappa shape index (κ2) is 7.00. The number of hydrogen-bond donors (Lipinski definition) is 2. The molecular weight excluding hydrogens is 381 g/mol. The maximum absolute atomic E-state index is 14.5. The van der Waals surface area contributed by atoms with E-state index in [1.54, 1.807) is 6.07 Å². The normalized spacial score (nSPS) is 23.9. The van der Waals surface area contributed by atoms with Crippen LogP contribution in [0.15, 0.2) is 66.7 Å². The van der Waals surface area contributed by atoms with E-state index < -0.39 is 0 Å². The molecule has 1 saturated heterocycles. The number of nitrogens with zero attached hydrogens (tertiary/aromatic N) is 1. The van der Waals surface area contributed by atoms with Crippen LogP contribution in [-0.2, 0) is 6.54 Å².